The van der Waals surface area contributed by atoms with E-state index in [0.717, 1.165) is 5.69 Å². The van der Waals surface area contributed by atoms with E-state index in [4.69, 9.17) is 0 Å². The molecule has 29 heavy (non-hydrogen) atoms. The van der Waals surface area contributed by atoms with E-state index in [0.29, 0.717) is 26.2 Å². The maximum Gasteiger partial charge on any atom is 0.254 e. The SMILES string of the molecule is CC(C)C(NC(=O)c1ccccc1F)C(=O)N1CCN(c2ccc(O)cc2)CC1. The second kappa shape index (κ2) is 8.94. The molecule has 0 saturated carbocycles. The van der Waals surface area contributed by atoms with E-state index in [9.17, 15) is 19.1 Å². The van der Waals surface area contributed by atoms with E-state index in [1.807, 2.05) is 26.0 Å². The summed E-state index contributed by atoms with van der Waals surface area (Å²) in [7, 11) is 0. The monoisotopic (exact) mass is 399 g/mol. The molecule has 1 unspecified atom stereocenters. The smallest absolute Gasteiger partial charge is 0.254 e. The number of halogens is 1. The molecular weight excluding hydrogens is 373 g/mol. The standard InChI is InChI=1S/C22H26FN3O3/c1-15(2)20(24-21(28)18-5-3-4-6-19(18)23)22(29)26-13-11-25(12-14-26)16-7-9-17(27)10-8-16/h3-10,15,20,27H,11-14H2,1-2H3,(H,24,28). The van der Waals surface area contributed by atoms with Crippen molar-refractivity contribution in [2.45, 2.75) is 19.9 Å². The summed E-state index contributed by atoms with van der Waals surface area (Å²) in [5.74, 6) is -1.27. The highest BCUT2D eigenvalue weighted by atomic mass is 19.1. The summed E-state index contributed by atoms with van der Waals surface area (Å²) in [6, 6.07) is 12.0. The minimum absolute atomic E-state index is 0.0666. The number of carbonyl (C=O) groups excluding carboxylic acids is 2. The Morgan fingerprint density at radius 3 is 2.21 bits per heavy atom. The molecule has 0 bridgehead atoms. The molecule has 3 rings (SSSR count). The van der Waals surface area contributed by atoms with Crippen molar-refractivity contribution >= 4 is 17.5 Å². The molecule has 2 aromatic carbocycles. The van der Waals surface area contributed by atoms with Crippen molar-refractivity contribution in [1.29, 1.82) is 0 Å². The zero-order valence-electron chi connectivity index (χ0n) is 16.6. The summed E-state index contributed by atoms with van der Waals surface area (Å²) in [5, 5.41) is 12.1. The molecule has 1 saturated heterocycles. The Labute approximate surface area is 169 Å². The van der Waals surface area contributed by atoms with Gasteiger partial charge in [-0.2, -0.15) is 0 Å². The number of aromatic hydroxyl groups is 1. The molecular formula is C22H26FN3O3. The summed E-state index contributed by atoms with van der Waals surface area (Å²) >= 11 is 0. The van der Waals surface area contributed by atoms with Gasteiger partial charge in [0.2, 0.25) is 5.91 Å². The Kier molecular flexibility index (Phi) is 6.36. The first-order valence-electron chi connectivity index (χ1n) is 9.75. The average molecular weight is 399 g/mol. The normalized spacial score (nSPS) is 15.3. The average Bonchev–Trinajstić information content (AvgIpc) is 2.72. The third-order valence-corrected chi connectivity index (χ3v) is 5.14. The number of piperazine rings is 1. The molecule has 2 N–H and O–H groups in total. The van der Waals surface area contributed by atoms with Gasteiger partial charge in [0.1, 0.15) is 17.6 Å². The molecule has 1 heterocycles. The number of hydrogen-bond donors (Lipinski definition) is 2. The lowest BCUT2D eigenvalue weighted by Gasteiger charge is -2.38. The zero-order valence-corrected chi connectivity index (χ0v) is 16.6. The first-order chi connectivity index (χ1) is 13.9. The van der Waals surface area contributed by atoms with E-state index in [2.05, 4.69) is 10.2 Å². The van der Waals surface area contributed by atoms with Crippen LogP contribution < -0.4 is 10.2 Å². The quantitative estimate of drug-likeness (QED) is 0.811. The van der Waals surface area contributed by atoms with Gasteiger partial charge in [0.05, 0.1) is 5.56 Å². The van der Waals surface area contributed by atoms with Crippen molar-refractivity contribution in [3.05, 3.63) is 59.9 Å². The van der Waals surface area contributed by atoms with Gasteiger partial charge in [0.25, 0.3) is 5.91 Å². The topological polar surface area (TPSA) is 72.9 Å². The van der Waals surface area contributed by atoms with Crippen LogP contribution in [0.15, 0.2) is 48.5 Å². The maximum absolute atomic E-state index is 13.9. The van der Waals surface area contributed by atoms with Gasteiger partial charge in [-0.25, -0.2) is 4.39 Å². The van der Waals surface area contributed by atoms with Crippen LogP contribution in [-0.4, -0.2) is 54.0 Å². The molecule has 7 heteroatoms. The molecule has 154 valence electrons. The number of carbonyl (C=O) groups is 2. The Balaban J connectivity index is 1.63. The highest BCUT2D eigenvalue weighted by Gasteiger charge is 2.31. The summed E-state index contributed by atoms with van der Waals surface area (Å²) < 4.78 is 13.9. The Morgan fingerprint density at radius 2 is 1.62 bits per heavy atom. The molecule has 0 radical (unpaired) electrons. The predicted molar refractivity (Wildman–Crippen MR) is 109 cm³/mol. The predicted octanol–water partition coefficient (Wildman–Crippen LogP) is 2.63. The van der Waals surface area contributed by atoms with Gasteiger partial charge < -0.3 is 20.2 Å². The zero-order chi connectivity index (χ0) is 21.0. The fraction of sp³-hybridized carbons (Fsp3) is 0.364. The van der Waals surface area contributed by atoms with Crippen molar-refractivity contribution in [1.82, 2.24) is 10.2 Å². The van der Waals surface area contributed by atoms with E-state index in [1.54, 1.807) is 23.1 Å². The number of nitrogens with one attached hydrogen (secondary N) is 1. The van der Waals surface area contributed by atoms with Crippen molar-refractivity contribution in [2.75, 3.05) is 31.1 Å². The summed E-state index contributed by atoms with van der Waals surface area (Å²) in [5.41, 5.74) is 0.922. The Morgan fingerprint density at radius 1 is 1.00 bits per heavy atom. The van der Waals surface area contributed by atoms with Crippen LogP contribution in [0.5, 0.6) is 5.75 Å². The van der Waals surface area contributed by atoms with Crippen LogP contribution in [0.3, 0.4) is 0 Å². The van der Waals surface area contributed by atoms with Gasteiger partial charge in [0, 0.05) is 31.9 Å². The van der Waals surface area contributed by atoms with Gasteiger partial charge in [-0.3, -0.25) is 9.59 Å². The number of phenolic OH excluding ortho intramolecular Hbond substituents is 1. The number of rotatable bonds is 5. The lowest BCUT2D eigenvalue weighted by Crippen LogP contribution is -2.56. The number of phenols is 1. The number of anilines is 1. The van der Waals surface area contributed by atoms with Crippen LogP contribution in [0.1, 0.15) is 24.2 Å². The van der Waals surface area contributed by atoms with Crippen molar-refractivity contribution in [3.63, 3.8) is 0 Å². The largest absolute Gasteiger partial charge is 0.508 e. The molecule has 6 nitrogen and oxygen atoms in total. The van der Waals surface area contributed by atoms with Gasteiger partial charge in [-0.05, 0) is 42.3 Å². The molecule has 0 aromatic heterocycles. The van der Waals surface area contributed by atoms with Gasteiger partial charge in [-0.15, -0.1) is 0 Å². The fourth-order valence-corrected chi connectivity index (χ4v) is 3.42. The minimum atomic E-state index is -0.720. The molecule has 1 fully saturated rings. The lowest BCUT2D eigenvalue weighted by atomic mass is 10.0. The fourth-order valence-electron chi connectivity index (χ4n) is 3.42. The number of benzene rings is 2. The van der Waals surface area contributed by atoms with Crippen molar-refractivity contribution in [3.8, 4) is 5.75 Å². The molecule has 1 atom stereocenters. The van der Waals surface area contributed by atoms with E-state index in [1.165, 1.54) is 18.2 Å². The summed E-state index contributed by atoms with van der Waals surface area (Å²) in [4.78, 5) is 29.4. The highest BCUT2D eigenvalue weighted by molar-refractivity contribution is 5.97. The lowest BCUT2D eigenvalue weighted by molar-refractivity contribution is -0.134. The van der Waals surface area contributed by atoms with Gasteiger partial charge in [-0.1, -0.05) is 26.0 Å². The molecule has 2 aromatic rings. The molecule has 0 spiro atoms. The summed E-state index contributed by atoms with van der Waals surface area (Å²) in [6.45, 7) is 6.08. The van der Waals surface area contributed by atoms with Crippen molar-refractivity contribution in [2.24, 2.45) is 5.92 Å². The minimum Gasteiger partial charge on any atom is -0.508 e. The van der Waals surface area contributed by atoms with Crippen molar-refractivity contribution < 1.29 is 19.1 Å². The van der Waals surface area contributed by atoms with Crippen LogP contribution in [0, 0.1) is 11.7 Å². The van der Waals surface area contributed by atoms with Gasteiger partial charge in [0.15, 0.2) is 0 Å². The second-order valence-corrected chi connectivity index (χ2v) is 7.50. The highest BCUT2D eigenvalue weighted by Crippen LogP contribution is 2.20. The number of amides is 2. The van der Waals surface area contributed by atoms with Gasteiger partial charge >= 0.3 is 0 Å². The second-order valence-electron chi connectivity index (χ2n) is 7.50. The van der Waals surface area contributed by atoms with E-state index in [-0.39, 0.29) is 23.1 Å². The maximum atomic E-state index is 13.9. The van der Waals surface area contributed by atoms with Crippen LogP contribution in [0.25, 0.3) is 0 Å². The number of nitrogens with zero attached hydrogens (tertiary/aromatic N) is 2. The molecule has 1 aliphatic rings. The van der Waals surface area contributed by atoms with Crippen LogP contribution >= 0.6 is 0 Å². The van der Waals surface area contributed by atoms with E-state index >= 15 is 0 Å². The molecule has 2 amide bonds. The third-order valence-electron chi connectivity index (χ3n) is 5.14. The number of hydrogen-bond acceptors (Lipinski definition) is 4. The first-order valence-corrected chi connectivity index (χ1v) is 9.75. The Bertz CT molecular complexity index is 862. The van der Waals surface area contributed by atoms with E-state index < -0.39 is 17.8 Å². The van der Waals surface area contributed by atoms with Crippen LogP contribution in [-0.2, 0) is 4.79 Å². The molecule has 0 aliphatic carbocycles. The Hall–Kier alpha value is -3.09. The van der Waals surface area contributed by atoms with Crippen LogP contribution in [0.2, 0.25) is 0 Å². The third kappa shape index (κ3) is 4.85. The first kappa shape index (κ1) is 20.6. The summed E-state index contributed by atoms with van der Waals surface area (Å²) in [6.07, 6.45) is 0. The van der Waals surface area contributed by atoms with Crippen LogP contribution in [0.4, 0.5) is 10.1 Å². The molecule has 1 aliphatic heterocycles.